The molecule has 15 heavy (non-hydrogen) atoms. The Hall–Kier alpha value is -0.570. The molecule has 2 aliphatic heterocycles. The second kappa shape index (κ2) is 3.78. The molecule has 0 aromatic carbocycles. The van der Waals surface area contributed by atoms with Crippen LogP contribution in [0.3, 0.4) is 0 Å². The summed E-state index contributed by atoms with van der Waals surface area (Å²) >= 11 is 0. The second-order valence-electron chi connectivity index (χ2n) is 5.76. The smallest absolute Gasteiger partial charge is 0.311 e. The third-order valence-electron chi connectivity index (χ3n) is 3.30. The fourth-order valence-corrected chi connectivity index (χ4v) is 2.64. The Morgan fingerprint density at radius 3 is 2.53 bits per heavy atom. The van der Waals surface area contributed by atoms with Gasteiger partial charge in [0.25, 0.3) is 0 Å². The van der Waals surface area contributed by atoms with Crippen LogP contribution in [0, 0.1) is 5.92 Å². The van der Waals surface area contributed by atoms with Crippen LogP contribution >= 0.6 is 0 Å². The van der Waals surface area contributed by atoms with E-state index >= 15 is 0 Å². The van der Waals surface area contributed by atoms with Gasteiger partial charge in [-0.05, 0) is 46.5 Å². The van der Waals surface area contributed by atoms with Crippen LogP contribution in [0.2, 0.25) is 0 Å². The van der Waals surface area contributed by atoms with Gasteiger partial charge in [-0.15, -0.1) is 0 Å². The van der Waals surface area contributed by atoms with Gasteiger partial charge in [-0.3, -0.25) is 4.79 Å². The van der Waals surface area contributed by atoms with Crippen LogP contribution in [0.25, 0.3) is 0 Å². The largest absolute Gasteiger partial charge is 0.460 e. The summed E-state index contributed by atoms with van der Waals surface area (Å²) in [6, 6.07) is 1.03. The zero-order valence-corrected chi connectivity index (χ0v) is 9.88. The molecule has 2 aliphatic rings. The summed E-state index contributed by atoms with van der Waals surface area (Å²) in [5, 5.41) is 3.51. The molecule has 2 saturated heterocycles. The Labute approximate surface area is 91.6 Å². The van der Waals surface area contributed by atoms with Gasteiger partial charge >= 0.3 is 5.97 Å². The van der Waals surface area contributed by atoms with Gasteiger partial charge in [0.15, 0.2) is 0 Å². The number of hydrogen-bond donors (Lipinski definition) is 1. The maximum absolute atomic E-state index is 11.9. The molecule has 86 valence electrons. The van der Waals surface area contributed by atoms with Crippen molar-refractivity contribution in [2.24, 2.45) is 5.92 Å². The number of hydrogen-bond acceptors (Lipinski definition) is 3. The van der Waals surface area contributed by atoms with E-state index in [1.54, 1.807) is 0 Å². The molecular weight excluding hydrogens is 190 g/mol. The number of piperidine rings is 1. The summed E-state index contributed by atoms with van der Waals surface area (Å²) in [5.74, 6) is 0.0725. The molecular formula is C12H21NO2. The number of carbonyl (C=O) groups is 1. The molecule has 3 unspecified atom stereocenters. The van der Waals surface area contributed by atoms with Crippen molar-refractivity contribution in [1.82, 2.24) is 5.32 Å². The molecule has 1 N–H and O–H groups in total. The summed E-state index contributed by atoms with van der Waals surface area (Å²) in [5.41, 5.74) is -0.355. The molecule has 2 rings (SSSR count). The molecule has 3 nitrogen and oxygen atoms in total. The van der Waals surface area contributed by atoms with Gasteiger partial charge in [0.1, 0.15) is 5.60 Å². The number of carbonyl (C=O) groups excluding carboxylic acids is 1. The molecule has 0 spiro atoms. The average molecular weight is 211 g/mol. The number of fused-ring (bicyclic) bond motifs is 2. The maximum Gasteiger partial charge on any atom is 0.311 e. The highest BCUT2D eigenvalue weighted by atomic mass is 16.6. The first kappa shape index (κ1) is 10.9. The van der Waals surface area contributed by atoms with Gasteiger partial charge in [0.05, 0.1) is 5.92 Å². The van der Waals surface area contributed by atoms with Crippen molar-refractivity contribution in [2.75, 3.05) is 0 Å². The molecule has 2 bridgehead atoms. The molecule has 0 radical (unpaired) electrons. The summed E-state index contributed by atoms with van der Waals surface area (Å²) < 4.78 is 5.45. The van der Waals surface area contributed by atoms with Crippen molar-refractivity contribution >= 4 is 5.97 Å². The highest BCUT2D eigenvalue weighted by molar-refractivity contribution is 5.74. The first-order valence-corrected chi connectivity index (χ1v) is 5.94. The standard InChI is InChI=1S/C12H21NO2/c1-12(2,3)15-11(14)9-6-4-8-5-7-10(9)13-8/h8-10,13H,4-7H2,1-3H3. The van der Waals surface area contributed by atoms with Crippen LogP contribution in [-0.4, -0.2) is 23.7 Å². The zero-order valence-electron chi connectivity index (χ0n) is 9.88. The van der Waals surface area contributed by atoms with E-state index in [9.17, 15) is 4.79 Å². The van der Waals surface area contributed by atoms with Crippen LogP contribution in [0.4, 0.5) is 0 Å². The minimum absolute atomic E-state index is 0.0136. The predicted molar refractivity (Wildman–Crippen MR) is 58.5 cm³/mol. The highest BCUT2D eigenvalue weighted by Gasteiger charge is 2.40. The first-order valence-electron chi connectivity index (χ1n) is 5.94. The van der Waals surface area contributed by atoms with E-state index in [0.717, 1.165) is 19.3 Å². The van der Waals surface area contributed by atoms with E-state index in [2.05, 4.69) is 5.32 Å². The molecule has 0 amide bonds. The Bertz CT molecular complexity index is 257. The normalized spacial score (nSPS) is 35.3. The lowest BCUT2D eigenvalue weighted by Crippen LogP contribution is -2.45. The van der Waals surface area contributed by atoms with Crippen LogP contribution in [-0.2, 0) is 9.53 Å². The first-order chi connectivity index (χ1) is 6.96. The monoisotopic (exact) mass is 211 g/mol. The van der Waals surface area contributed by atoms with Crippen molar-refractivity contribution in [2.45, 2.75) is 64.1 Å². The fraction of sp³-hybridized carbons (Fsp3) is 0.917. The maximum atomic E-state index is 11.9. The fourth-order valence-electron chi connectivity index (χ4n) is 2.64. The SMILES string of the molecule is CC(C)(C)OC(=O)C1CCC2CCC1N2. The van der Waals surface area contributed by atoms with Gasteiger partial charge in [-0.25, -0.2) is 0 Å². The molecule has 0 aromatic heterocycles. The summed E-state index contributed by atoms with van der Waals surface area (Å²) in [6.45, 7) is 5.79. The minimum atomic E-state index is -0.355. The van der Waals surface area contributed by atoms with E-state index in [1.165, 1.54) is 6.42 Å². The third-order valence-corrected chi connectivity index (χ3v) is 3.30. The summed E-state index contributed by atoms with van der Waals surface area (Å²) in [6.07, 6.45) is 4.48. The van der Waals surface area contributed by atoms with Crippen molar-refractivity contribution in [1.29, 1.82) is 0 Å². The van der Waals surface area contributed by atoms with Crippen molar-refractivity contribution in [3.63, 3.8) is 0 Å². The van der Waals surface area contributed by atoms with Gasteiger partial charge in [0.2, 0.25) is 0 Å². The molecule has 3 heteroatoms. The molecule has 3 atom stereocenters. The quantitative estimate of drug-likeness (QED) is 0.673. The zero-order chi connectivity index (χ0) is 11.1. The van der Waals surface area contributed by atoms with Gasteiger partial charge in [-0.1, -0.05) is 0 Å². The summed E-state index contributed by atoms with van der Waals surface area (Å²) in [4.78, 5) is 11.9. The van der Waals surface area contributed by atoms with Crippen molar-refractivity contribution < 1.29 is 9.53 Å². The molecule has 0 saturated carbocycles. The highest BCUT2D eigenvalue weighted by Crippen LogP contribution is 2.32. The van der Waals surface area contributed by atoms with E-state index in [0.29, 0.717) is 12.1 Å². The Kier molecular flexibility index (Phi) is 2.75. The van der Waals surface area contributed by atoms with Crippen LogP contribution in [0.1, 0.15) is 46.5 Å². The van der Waals surface area contributed by atoms with Gasteiger partial charge < -0.3 is 10.1 Å². The number of ether oxygens (including phenoxy) is 1. The minimum Gasteiger partial charge on any atom is -0.460 e. The molecule has 0 aliphatic carbocycles. The van der Waals surface area contributed by atoms with E-state index in [4.69, 9.17) is 4.74 Å². The van der Waals surface area contributed by atoms with Gasteiger partial charge in [-0.2, -0.15) is 0 Å². The average Bonchev–Trinajstić information content (AvgIpc) is 2.45. The predicted octanol–water partition coefficient (Wildman–Crippen LogP) is 1.86. The van der Waals surface area contributed by atoms with Crippen molar-refractivity contribution in [3.05, 3.63) is 0 Å². The Morgan fingerprint density at radius 2 is 1.87 bits per heavy atom. The Morgan fingerprint density at radius 1 is 1.20 bits per heavy atom. The van der Waals surface area contributed by atoms with Crippen LogP contribution in [0.5, 0.6) is 0 Å². The number of nitrogens with one attached hydrogen (secondary N) is 1. The third kappa shape index (κ3) is 2.51. The van der Waals surface area contributed by atoms with E-state index in [1.807, 2.05) is 20.8 Å². The molecule has 0 aromatic rings. The number of rotatable bonds is 1. The lowest BCUT2D eigenvalue weighted by atomic mass is 9.92. The van der Waals surface area contributed by atoms with Crippen LogP contribution < -0.4 is 5.32 Å². The second-order valence-corrected chi connectivity index (χ2v) is 5.76. The molecule has 2 fully saturated rings. The lowest BCUT2D eigenvalue weighted by Gasteiger charge is -2.31. The number of esters is 1. The summed E-state index contributed by atoms with van der Waals surface area (Å²) in [7, 11) is 0. The molecule has 2 heterocycles. The van der Waals surface area contributed by atoms with Crippen LogP contribution in [0.15, 0.2) is 0 Å². The van der Waals surface area contributed by atoms with E-state index < -0.39 is 0 Å². The van der Waals surface area contributed by atoms with Gasteiger partial charge in [0, 0.05) is 12.1 Å². The van der Waals surface area contributed by atoms with Crippen molar-refractivity contribution in [3.8, 4) is 0 Å². The Balaban J connectivity index is 1.95. The van der Waals surface area contributed by atoms with E-state index in [-0.39, 0.29) is 17.5 Å². The topological polar surface area (TPSA) is 38.3 Å². The lowest BCUT2D eigenvalue weighted by molar-refractivity contribution is -0.161.